The van der Waals surface area contributed by atoms with Crippen LogP contribution in [0, 0.1) is 5.92 Å². The number of amides is 2. The van der Waals surface area contributed by atoms with Gasteiger partial charge in [0.1, 0.15) is 18.4 Å². The van der Waals surface area contributed by atoms with Crippen molar-refractivity contribution >= 4 is 17.8 Å². The number of hydrogen-bond donors (Lipinski definition) is 2. The molecule has 4 aromatic rings. The first-order valence-corrected chi connectivity index (χ1v) is 16.1. The fourth-order valence-corrected chi connectivity index (χ4v) is 6.67. The SMILES string of the molecule is O=C(O)CC(NC(=O)C1c2cc(OCc3ccccn3)ccc2CCN1C(=O)CC1CCCC1)c1ccc(-c2ccccc2)cc1. The molecule has 6 rings (SSSR count). The van der Waals surface area contributed by atoms with E-state index in [-0.39, 0.29) is 18.9 Å². The Morgan fingerprint density at radius 3 is 2.37 bits per heavy atom. The maximum absolute atomic E-state index is 14.3. The number of carboxylic acids is 1. The van der Waals surface area contributed by atoms with Crippen LogP contribution in [0.25, 0.3) is 11.1 Å². The van der Waals surface area contributed by atoms with Crippen molar-refractivity contribution in [1.29, 1.82) is 0 Å². The number of hydrogen-bond acceptors (Lipinski definition) is 5. The highest BCUT2D eigenvalue weighted by molar-refractivity contribution is 5.90. The Kier molecular flexibility index (Phi) is 9.72. The lowest BCUT2D eigenvalue weighted by molar-refractivity contribution is -0.143. The number of aromatic nitrogens is 1. The predicted molar refractivity (Wildman–Crippen MR) is 175 cm³/mol. The largest absolute Gasteiger partial charge is 0.487 e. The van der Waals surface area contributed by atoms with Gasteiger partial charge in [-0.25, -0.2) is 0 Å². The molecule has 1 saturated carbocycles. The Morgan fingerprint density at radius 1 is 0.913 bits per heavy atom. The van der Waals surface area contributed by atoms with Crippen molar-refractivity contribution in [3.8, 4) is 16.9 Å². The molecule has 2 heterocycles. The molecule has 8 heteroatoms. The molecule has 1 aliphatic heterocycles. The van der Waals surface area contributed by atoms with E-state index in [4.69, 9.17) is 4.74 Å². The van der Waals surface area contributed by atoms with Gasteiger partial charge in [0.2, 0.25) is 11.8 Å². The highest BCUT2D eigenvalue weighted by Gasteiger charge is 2.38. The second-order valence-corrected chi connectivity index (χ2v) is 12.2. The number of carbonyl (C=O) groups excluding carboxylic acids is 2. The number of carbonyl (C=O) groups is 3. The molecule has 8 nitrogen and oxygen atoms in total. The van der Waals surface area contributed by atoms with Crippen LogP contribution >= 0.6 is 0 Å². The summed E-state index contributed by atoms with van der Waals surface area (Å²) in [7, 11) is 0. The van der Waals surface area contributed by atoms with E-state index >= 15 is 0 Å². The van der Waals surface area contributed by atoms with Crippen LogP contribution in [0.2, 0.25) is 0 Å². The number of ether oxygens (including phenoxy) is 1. The molecular formula is C38H39N3O5. The standard InChI is InChI=1S/C38H39N3O5/c42-35(22-26-8-4-5-9-26)41-21-19-29-17-18-32(46-25-31-12-6-7-20-39-31)23-33(29)37(41)38(45)40-34(24-36(43)44)30-15-13-28(14-16-30)27-10-2-1-3-11-27/h1-3,6-7,10-18,20,23,26,34,37H,4-5,8-9,19,21-22,24-25H2,(H,40,45)(H,43,44). The summed E-state index contributed by atoms with van der Waals surface area (Å²) in [4.78, 5) is 46.1. The van der Waals surface area contributed by atoms with Gasteiger partial charge in [0.15, 0.2) is 0 Å². The number of rotatable bonds is 11. The van der Waals surface area contributed by atoms with Crippen LogP contribution in [0.4, 0.5) is 0 Å². The van der Waals surface area contributed by atoms with Gasteiger partial charge in [-0.2, -0.15) is 0 Å². The maximum Gasteiger partial charge on any atom is 0.305 e. The Balaban J connectivity index is 1.28. The molecule has 236 valence electrons. The molecule has 46 heavy (non-hydrogen) atoms. The average Bonchev–Trinajstić information content (AvgIpc) is 3.60. The van der Waals surface area contributed by atoms with Crippen LogP contribution in [-0.4, -0.2) is 39.3 Å². The zero-order valence-electron chi connectivity index (χ0n) is 25.8. The maximum atomic E-state index is 14.3. The van der Waals surface area contributed by atoms with Gasteiger partial charge >= 0.3 is 5.97 Å². The molecule has 3 aromatic carbocycles. The van der Waals surface area contributed by atoms with Crippen LogP contribution in [0.5, 0.6) is 5.75 Å². The molecule has 0 spiro atoms. The second-order valence-electron chi connectivity index (χ2n) is 12.2. The molecule has 1 aromatic heterocycles. The lowest BCUT2D eigenvalue weighted by Crippen LogP contribution is -2.48. The lowest BCUT2D eigenvalue weighted by Gasteiger charge is -2.38. The van der Waals surface area contributed by atoms with E-state index in [9.17, 15) is 19.5 Å². The van der Waals surface area contributed by atoms with E-state index < -0.39 is 24.0 Å². The minimum Gasteiger partial charge on any atom is -0.487 e. The van der Waals surface area contributed by atoms with Crippen molar-refractivity contribution in [3.05, 3.63) is 120 Å². The number of nitrogens with one attached hydrogen (secondary N) is 1. The first-order valence-electron chi connectivity index (χ1n) is 16.1. The summed E-state index contributed by atoms with van der Waals surface area (Å²) in [5.74, 6) is -0.569. The van der Waals surface area contributed by atoms with Crippen LogP contribution in [0.3, 0.4) is 0 Å². The van der Waals surface area contributed by atoms with Gasteiger partial charge < -0.3 is 20.1 Å². The van der Waals surface area contributed by atoms with Crippen LogP contribution in [0.15, 0.2) is 97.2 Å². The van der Waals surface area contributed by atoms with E-state index in [1.54, 1.807) is 11.1 Å². The van der Waals surface area contributed by atoms with Crippen molar-refractivity contribution in [3.63, 3.8) is 0 Å². The third-order valence-corrected chi connectivity index (χ3v) is 9.08. The molecule has 1 aliphatic carbocycles. The third-order valence-electron chi connectivity index (χ3n) is 9.08. The number of pyridine rings is 1. The summed E-state index contributed by atoms with van der Waals surface area (Å²) in [6.45, 7) is 0.681. The van der Waals surface area contributed by atoms with Crippen LogP contribution < -0.4 is 10.1 Å². The van der Waals surface area contributed by atoms with Gasteiger partial charge in [-0.15, -0.1) is 0 Å². The normalized spacial score (nSPS) is 16.8. The topological polar surface area (TPSA) is 109 Å². The van der Waals surface area contributed by atoms with Gasteiger partial charge in [0, 0.05) is 19.2 Å². The van der Waals surface area contributed by atoms with E-state index in [0.29, 0.717) is 42.2 Å². The van der Waals surface area contributed by atoms with Gasteiger partial charge in [-0.05, 0) is 77.3 Å². The van der Waals surface area contributed by atoms with E-state index in [2.05, 4.69) is 10.3 Å². The fourth-order valence-electron chi connectivity index (χ4n) is 6.67. The Morgan fingerprint density at radius 2 is 1.65 bits per heavy atom. The summed E-state index contributed by atoms with van der Waals surface area (Å²) in [5, 5.41) is 12.8. The van der Waals surface area contributed by atoms with Crippen LogP contribution in [0.1, 0.15) is 73.0 Å². The van der Waals surface area contributed by atoms with E-state index in [1.165, 1.54) is 0 Å². The van der Waals surface area contributed by atoms with Crippen molar-refractivity contribution in [1.82, 2.24) is 15.2 Å². The zero-order valence-corrected chi connectivity index (χ0v) is 25.8. The molecule has 2 aliphatic rings. The summed E-state index contributed by atoms with van der Waals surface area (Å²) < 4.78 is 6.06. The zero-order chi connectivity index (χ0) is 31.9. The van der Waals surface area contributed by atoms with Gasteiger partial charge in [-0.3, -0.25) is 19.4 Å². The van der Waals surface area contributed by atoms with Crippen molar-refractivity contribution < 1.29 is 24.2 Å². The summed E-state index contributed by atoms with van der Waals surface area (Å²) in [5.41, 5.74) is 5.17. The minimum atomic E-state index is -1.03. The highest BCUT2D eigenvalue weighted by atomic mass is 16.5. The van der Waals surface area contributed by atoms with Crippen molar-refractivity contribution in [2.45, 2.75) is 63.6 Å². The lowest BCUT2D eigenvalue weighted by atomic mass is 9.90. The van der Waals surface area contributed by atoms with Crippen molar-refractivity contribution in [2.75, 3.05) is 6.54 Å². The first-order chi connectivity index (χ1) is 22.4. The number of carboxylic acid groups (broad SMARTS) is 1. The molecule has 2 unspecified atom stereocenters. The Hall–Kier alpha value is -4.98. The first kappa shape index (κ1) is 31.0. The summed E-state index contributed by atoms with van der Waals surface area (Å²) >= 11 is 0. The monoisotopic (exact) mass is 617 g/mol. The molecule has 2 N–H and O–H groups in total. The smallest absolute Gasteiger partial charge is 0.305 e. The molecule has 2 atom stereocenters. The van der Waals surface area contributed by atoms with Crippen LogP contribution in [-0.2, 0) is 27.4 Å². The van der Waals surface area contributed by atoms with Gasteiger partial charge in [-0.1, -0.05) is 79.6 Å². The molecule has 0 bridgehead atoms. The minimum absolute atomic E-state index is 0.0421. The molecule has 2 amide bonds. The Labute approximate surface area is 269 Å². The number of benzene rings is 3. The third kappa shape index (κ3) is 7.45. The second kappa shape index (κ2) is 14.4. The fraction of sp³-hybridized carbons (Fsp3) is 0.316. The number of fused-ring (bicyclic) bond motifs is 1. The van der Waals surface area contributed by atoms with E-state index in [0.717, 1.165) is 48.1 Å². The summed E-state index contributed by atoms with van der Waals surface area (Å²) in [6.07, 6.45) is 6.76. The Bertz CT molecular complexity index is 1650. The van der Waals surface area contributed by atoms with Gasteiger partial charge in [0.05, 0.1) is 18.2 Å². The number of aliphatic carboxylic acids is 1. The van der Waals surface area contributed by atoms with E-state index in [1.807, 2.05) is 91.0 Å². The average molecular weight is 618 g/mol. The number of nitrogens with zero attached hydrogens (tertiary/aromatic N) is 2. The predicted octanol–water partition coefficient (Wildman–Crippen LogP) is 6.67. The quantitative estimate of drug-likeness (QED) is 0.195. The molecule has 0 saturated heterocycles. The molecule has 1 fully saturated rings. The highest BCUT2D eigenvalue weighted by Crippen LogP contribution is 2.36. The molecular weight excluding hydrogens is 578 g/mol. The summed E-state index contributed by atoms with van der Waals surface area (Å²) in [6, 6.07) is 27.1. The van der Waals surface area contributed by atoms with Crippen molar-refractivity contribution in [2.24, 2.45) is 5.92 Å². The van der Waals surface area contributed by atoms with Gasteiger partial charge in [0.25, 0.3) is 0 Å². The molecule has 0 radical (unpaired) electrons.